The fourth-order valence-electron chi connectivity index (χ4n) is 2.10. The Morgan fingerprint density at radius 3 is 2.65 bits per heavy atom. The highest BCUT2D eigenvalue weighted by molar-refractivity contribution is 6.36. The molecule has 0 aromatic heterocycles. The summed E-state index contributed by atoms with van der Waals surface area (Å²) in [4.78, 5) is 0. The third kappa shape index (κ3) is 2.41. The first-order chi connectivity index (χ1) is 9.54. The smallest absolute Gasteiger partial charge is 0.162 e. The monoisotopic (exact) mass is 315 g/mol. The highest BCUT2D eigenvalue weighted by Gasteiger charge is 2.24. The number of hydrogen-bond acceptors (Lipinski definition) is 2. The number of nitrogens with one attached hydrogen (secondary N) is 1. The zero-order chi connectivity index (χ0) is 14.3. The molecule has 2 aromatic rings. The lowest BCUT2D eigenvalue weighted by Gasteiger charge is -2.28. The summed E-state index contributed by atoms with van der Waals surface area (Å²) in [6.45, 7) is 0.411. The van der Waals surface area contributed by atoms with Crippen molar-refractivity contribution >= 4 is 28.9 Å². The molecule has 20 heavy (non-hydrogen) atoms. The summed E-state index contributed by atoms with van der Waals surface area (Å²) in [6.07, 6.45) is -0.448. The van der Waals surface area contributed by atoms with Gasteiger partial charge in [-0.15, -0.1) is 0 Å². The molecular formula is C14H9Cl2F2NO. The van der Waals surface area contributed by atoms with E-state index >= 15 is 0 Å². The van der Waals surface area contributed by atoms with Gasteiger partial charge < -0.3 is 10.1 Å². The van der Waals surface area contributed by atoms with Crippen LogP contribution in [-0.4, -0.2) is 6.54 Å². The molecule has 0 fully saturated rings. The molecule has 0 amide bonds. The van der Waals surface area contributed by atoms with E-state index in [0.717, 1.165) is 12.1 Å². The standard InChI is InChI=1S/C14H9Cl2F2NO/c15-8-4-9(16)14-12(5-8)19-6-13(20-14)7-1-2-10(17)11(18)3-7/h1-5,13,19H,6H2. The summed E-state index contributed by atoms with van der Waals surface area (Å²) >= 11 is 12.0. The van der Waals surface area contributed by atoms with Crippen molar-refractivity contribution in [3.05, 3.63) is 57.6 Å². The summed E-state index contributed by atoms with van der Waals surface area (Å²) in [5, 5.41) is 3.98. The molecule has 1 aliphatic heterocycles. The van der Waals surface area contributed by atoms with E-state index in [1.807, 2.05) is 0 Å². The van der Waals surface area contributed by atoms with Crippen LogP contribution in [0.15, 0.2) is 30.3 Å². The molecule has 1 N–H and O–H groups in total. The molecule has 2 aromatic carbocycles. The second kappa shape index (κ2) is 5.11. The zero-order valence-electron chi connectivity index (χ0n) is 10.1. The van der Waals surface area contributed by atoms with E-state index in [1.165, 1.54) is 6.07 Å². The molecule has 0 saturated heterocycles. The van der Waals surface area contributed by atoms with Gasteiger partial charge in [-0.3, -0.25) is 0 Å². The van der Waals surface area contributed by atoms with Crippen LogP contribution in [0.25, 0.3) is 0 Å². The number of ether oxygens (including phenoxy) is 1. The molecule has 1 unspecified atom stereocenters. The van der Waals surface area contributed by atoms with Crippen LogP contribution in [0.5, 0.6) is 5.75 Å². The molecule has 1 atom stereocenters. The number of benzene rings is 2. The zero-order valence-corrected chi connectivity index (χ0v) is 11.6. The summed E-state index contributed by atoms with van der Waals surface area (Å²) in [7, 11) is 0. The molecule has 0 aliphatic carbocycles. The fraction of sp³-hybridized carbons (Fsp3) is 0.143. The molecule has 6 heteroatoms. The van der Waals surface area contributed by atoms with Gasteiger partial charge in [0, 0.05) is 5.02 Å². The molecule has 2 nitrogen and oxygen atoms in total. The van der Waals surface area contributed by atoms with Crippen LogP contribution in [0.1, 0.15) is 11.7 Å². The number of rotatable bonds is 1. The first kappa shape index (κ1) is 13.5. The van der Waals surface area contributed by atoms with E-state index in [9.17, 15) is 8.78 Å². The molecule has 1 aliphatic rings. The predicted molar refractivity (Wildman–Crippen MR) is 74.7 cm³/mol. The maximum absolute atomic E-state index is 13.3. The summed E-state index contributed by atoms with van der Waals surface area (Å²) < 4.78 is 32.0. The third-order valence-corrected chi connectivity index (χ3v) is 3.56. The predicted octanol–water partition coefficient (Wildman–Crippen LogP) is 4.82. The van der Waals surface area contributed by atoms with Gasteiger partial charge in [0.2, 0.25) is 0 Å². The minimum atomic E-state index is -0.904. The Morgan fingerprint density at radius 1 is 1.10 bits per heavy atom. The molecule has 0 bridgehead atoms. The molecule has 104 valence electrons. The van der Waals surface area contributed by atoms with Crippen LogP contribution in [0.2, 0.25) is 10.0 Å². The Balaban J connectivity index is 1.93. The molecule has 0 saturated carbocycles. The highest BCUT2D eigenvalue weighted by Crippen LogP contribution is 2.41. The maximum atomic E-state index is 13.3. The van der Waals surface area contributed by atoms with Gasteiger partial charge in [0.1, 0.15) is 6.10 Å². The van der Waals surface area contributed by atoms with Gasteiger partial charge in [-0.25, -0.2) is 8.78 Å². The Bertz CT molecular complexity index is 678. The van der Waals surface area contributed by atoms with Crippen LogP contribution >= 0.6 is 23.2 Å². The number of fused-ring (bicyclic) bond motifs is 1. The quantitative estimate of drug-likeness (QED) is 0.814. The summed E-state index contributed by atoms with van der Waals surface area (Å²) in [6, 6.07) is 6.95. The Morgan fingerprint density at radius 2 is 1.90 bits per heavy atom. The van der Waals surface area contributed by atoms with Gasteiger partial charge in [0.25, 0.3) is 0 Å². The number of halogens is 4. The Labute approximate surface area is 124 Å². The van der Waals surface area contributed by atoms with E-state index < -0.39 is 17.7 Å². The van der Waals surface area contributed by atoms with E-state index in [4.69, 9.17) is 27.9 Å². The lowest BCUT2D eigenvalue weighted by Crippen LogP contribution is -2.24. The normalized spacial score (nSPS) is 17.1. The van der Waals surface area contributed by atoms with Crippen molar-refractivity contribution in [1.29, 1.82) is 0 Å². The largest absolute Gasteiger partial charge is 0.480 e. The van der Waals surface area contributed by atoms with E-state index in [1.54, 1.807) is 12.1 Å². The molecular weight excluding hydrogens is 307 g/mol. The van der Waals surface area contributed by atoms with Gasteiger partial charge >= 0.3 is 0 Å². The third-order valence-electron chi connectivity index (χ3n) is 3.06. The van der Waals surface area contributed by atoms with Crippen molar-refractivity contribution in [2.75, 3.05) is 11.9 Å². The van der Waals surface area contributed by atoms with Crippen molar-refractivity contribution in [2.45, 2.75) is 6.10 Å². The molecule has 3 rings (SSSR count). The van der Waals surface area contributed by atoms with Gasteiger partial charge in [-0.2, -0.15) is 0 Å². The van der Waals surface area contributed by atoms with Crippen molar-refractivity contribution in [3.63, 3.8) is 0 Å². The Kier molecular flexibility index (Phi) is 3.44. The van der Waals surface area contributed by atoms with Crippen molar-refractivity contribution in [1.82, 2.24) is 0 Å². The van der Waals surface area contributed by atoms with Crippen LogP contribution in [0.4, 0.5) is 14.5 Å². The minimum absolute atomic E-state index is 0.368. The van der Waals surface area contributed by atoms with Crippen LogP contribution < -0.4 is 10.1 Å². The first-order valence-corrected chi connectivity index (χ1v) is 6.64. The van der Waals surface area contributed by atoms with E-state index in [-0.39, 0.29) is 0 Å². The first-order valence-electron chi connectivity index (χ1n) is 5.89. The van der Waals surface area contributed by atoms with Crippen LogP contribution in [-0.2, 0) is 0 Å². The van der Waals surface area contributed by atoms with Crippen LogP contribution in [0.3, 0.4) is 0 Å². The van der Waals surface area contributed by atoms with Gasteiger partial charge in [-0.05, 0) is 29.8 Å². The van der Waals surface area contributed by atoms with E-state index in [2.05, 4.69) is 5.32 Å². The minimum Gasteiger partial charge on any atom is -0.480 e. The van der Waals surface area contributed by atoms with Gasteiger partial charge in [-0.1, -0.05) is 29.3 Å². The van der Waals surface area contributed by atoms with Crippen LogP contribution in [0, 0.1) is 11.6 Å². The average molecular weight is 316 g/mol. The van der Waals surface area contributed by atoms with Crippen molar-refractivity contribution in [3.8, 4) is 5.75 Å². The topological polar surface area (TPSA) is 21.3 Å². The SMILES string of the molecule is Fc1ccc(C2CNc3cc(Cl)cc(Cl)c3O2)cc1F. The molecule has 1 heterocycles. The summed E-state index contributed by atoms with van der Waals surface area (Å²) in [5.41, 5.74) is 1.22. The number of anilines is 1. The maximum Gasteiger partial charge on any atom is 0.162 e. The fourth-order valence-corrected chi connectivity index (χ4v) is 2.63. The average Bonchev–Trinajstić information content (AvgIpc) is 2.41. The number of hydrogen-bond donors (Lipinski definition) is 1. The van der Waals surface area contributed by atoms with Gasteiger partial charge in [0.05, 0.1) is 17.3 Å². The molecule has 0 radical (unpaired) electrons. The van der Waals surface area contributed by atoms with Crippen molar-refractivity contribution < 1.29 is 13.5 Å². The molecule has 0 spiro atoms. The lowest BCUT2D eigenvalue weighted by atomic mass is 10.1. The van der Waals surface area contributed by atoms with E-state index in [0.29, 0.717) is 33.6 Å². The second-order valence-corrected chi connectivity index (χ2v) is 5.27. The highest BCUT2D eigenvalue weighted by atomic mass is 35.5. The van der Waals surface area contributed by atoms with Gasteiger partial charge in [0.15, 0.2) is 17.4 Å². The lowest BCUT2D eigenvalue weighted by molar-refractivity contribution is 0.210. The second-order valence-electron chi connectivity index (χ2n) is 4.43. The summed E-state index contributed by atoms with van der Waals surface area (Å²) in [5.74, 6) is -1.33. The Hall–Kier alpha value is -1.52. The van der Waals surface area contributed by atoms with Crippen molar-refractivity contribution in [2.24, 2.45) is 0 Å².